The fourth-order valence-electron chi connectivity index (χ4n) is 1.80. The van der Waals surface area contributed by atoms with E-state index in [1.807, 2.05) is 6.92 Å². The first-order valence-electron chi connectivity index (χ1n) is 6.01. The number of aryl methyl sites for hydroxylation is 1. The van der Waals surface area contributed by atoms with Crippen LogP contribution < -0.4 is 10.5 Å². The second-order valence-corrected chi connectivity index (χ2v) is 4.50. The van der Waals surface area contributed by atoms with Crippen molar-refractivity contribution in [1.82, 2.24) is 0 Å². The maximum Gasteiger partial charge on any atom is 0.416 e. The highest BCUT2D eigenvalue weighted by Gasteiger charge is 2.30. The Balaban J connectivity index is 2.11. The number of rotatable bonds is 3. The number of halogens is 3. The number of hydrogen-bond donors (Lipinski definition) is 1. The second-order valence-electron chi connectivity index (χ2n) is 4.50. The van der Waals surface area contributed by atoms with E-state index in [1.54, 1.807) is 18.2 Å². The van der Waals surface area contributed by atoms with E-state index in [1.165, 1.54) is 12.1 Å². The first-order valence-corrected chi connectivity index (χ1v) is 6.01. The van der Waals surface area contributed by atoms with Gasteiger partial charge in [0.1, 0.15) is 12.4 Å². The van der Waals surface area contributed by atoms with Crippen molar-refractivity contribution in [3.8, 4) is 5.75 Å². The number of hydrogen-bond acceptors (Lipinski definition) is 2. The number of ether oxygens (including phenoxy) is 1. The molecule has 2 N–H and O–H groups in total. The van der Waals surface area contributed by atoms with Gasteiger partial charge in [0.25, 0.3) is 0 Å². The lowest BCUT2D eigenvalue weighted by molar-refractivity contribution is -0.137. The van der Waals surface area contributed by atoms with Crippen LogP contribution in [0, 0.1) is 6.92 Å². The van der Waals surface area contributed by atoms with Gasteiger partial charge in [0.15, 0.2) is 0 Å². The average molecular weight is 281 g/mol. The van der Waals surface area contributed by atoms with E-state index in [9.17, 15) is 13.2 Å². The summed E-state index contributed by atoms with van der Waals surface area (Å²) in [6, 6.07) is 10.2. The molecule has 0 spiro atoms. The van der Waals surface area contributed by atoms with Crippen LogP contribution in [-0.2, 0) is 12.8 Å². The minimum atomic E-state index is -4.36. The molecular weight excluding hydrogens is 267 g/mol. The van der Waals surface area contributed by atoms with Crippen molar-refractivity contribution in [1.29, 1.82) is 0 Å². The molecule has 0 radical (unpaired) electrons. The zero-order valence-corrected chi connectivity index (χ0v) is 10.9. The Labute approximate surface area is 115 Å². The summed E-state index contributed by atoms with van der Waals surface area (Å²) in [5, 5.41) is 0. The molecule has 0 heterocycles. The molecule has 0 atom stereocenters. The smallest absolute Gasteiger partial charge is 0.416 e. The molecule has 0 fully saturated rings. The number of anilines is 1. The first kappa shape index (κ1) is 14.2. The molecule has 0 aliphatic heterocycles. The van der Waals surface area contributed by atoms with E-state index in [-0.39, 0.29) is 12.4 Å². The van der Waals surface area contributed by atoms with Crippen LogP contribution in [0.4, 0.5) is 18.9 Å². The van der Waals surface area contributed by atoms with Crippen molar-refractivity contribution in [2.24, 2.45) is 0 Å². The third-order valence-corrected chi connectivity index (χ3v) is 2.92. The Hall–Kier alpha value is -2.17. The van der Waals surface area contributed by atoms with Crippen LogP contribution in [0.2, 0.25) is 0 Å². The first-order chi connectivity index (χ1) is 9.36. The van der Waals surface area contributed by atoms with Gasteiger partial charge in [0.05, 0.1) is 5.56 Å². The highest BCUT2D eigenvalue weighted by Crippen LogP contribution is 2.31. The fourth-order valence-corrected chi connectivity index (χ4v) is 1.80. The van der Waals surface area contributed by atoms with Crippen molar-refractivity contribution < 1.29 is 17.9 Å². The predicted molar refractivity (Wildman–Crippen MR) is 71.4 cm³/mol. The monoisotopic (exact) mass is 281 g/mol. The molecule has 0 unspecified atom stereocenters. The topological polar surface area (TPSA) is 35.2 Å². The summed E-state index contributed by atoms with van der Waals surface area (Å²) in [5.41, 5.74) is 7.39. The van der Waals surface area contributed by atoms with Gasteiger partial charge in [-0.15, -0.1) is 0 Å². The normalized spacial score (nSPS) is 11.4. The van der Waals surface area contributed by atoms with Crippen molar-refractivity contribution in [3.05, 3.63) is 59.2 Å². The minimum Gasteiger partial charge on any atom is -0.489 e. The minimum absolute atomic E-state index is 0.191. The maximum absolute atomic E-state index is 12.6. The van der Waals surface area contributed by atoms with Crippen LogP contribution in [0.25, 0.3) is 0 Å². The lowest BCUT2D eigenvalue weighted by Gasteiger charge is -2.11. The molecule has 2 nitrogen and oxygen atoms in total. The van der Waals surface area contributed by atoms with Crippen molar-refractivity contribution in [3.63, 3.8) is 0 Å². The van der Waals surface area contributed by atoms with E-state index in [4.69, 9.17) is 10.5 Å². The van der Waals surface area contributed by atoms with E-state index < -0.39 is 11.7 Å². The summed E-state index contributed by atoms with van der Waals surface area (Å²) < 4.78 is 43.1. The molecule has 0 aliphatic rings. The Kier molecular flexibility index (Phi) is 3.88. The summed E-state index contributed by atoms with van der Waals surface area (Å²) >= 11 is 0. The second kappa shape index (κ2) is 5.45. The Morgan fingerprint density at radius 3 is 2.50 bits per heavy atom. The third-order valence-electron chi connectivity index (χ3n) is 2.92. The molecule has 0 bridgehead atoms. The van der Waals surface area contributed by atoms with E-state index in [0.29, 0.717) is 5.69 Å². The van der Waals surface area contributed by atoms with Crippen molar-refractivity contribution in [2.45, 2.75) is 19.7 Å². The van der Waals surface area contributed by atoms with Crippen molar-refractivity contribution in [2.75, 3.05) is 5.73 Å². The van der Waals surface area contributed by atoms with Gasteiger partial charge < -0.3 is 10.5 Å². The molecule has 2 rings (SSSR count). The standard InChI is InChI=1S/C15H14F3NO/c1-10-7-13(19)6-5-11(10)9-20-14-4-2-3-12(8-14)15(16,17)18/h2-8H,9,19H2,1H3. The molecular formula is C15H14F3NO. The van der Waals surface area contributed by atoms with Gasteiger partial charge in [0, 0.05) is 5.69 Å². The maximum atomic E-state index is 12.6. The third kappa shape index (κ3) is 3.44. The van der Waals surface area contributed by atoms with Gasteiger partial charge in [-0.3, -0.25) is 0 Å². The number of nitrogens with two attached hydrogens (primary N) is 1. The molecule has 0 amide bonds. The van der Waals surface area contributed by atoms with Gasteiger partial charge >= 0.3 is 6.18 Å². The summed E-state index contributed by atoms with van der Waals surface area (Å²) in [6.07, 6.45) is -4.36. The Bertz CT molecular complexity index is 608. The molecule has 0 aliphatic carbocycles. The van der Waals surface area contributed by atoms with Crippen LogP contribution in [0.15, 0.2) is 42.5 Å². The largest absolute Gasteiger partial charge is 0.489 e. The SMILES string of the molecule is Cc1cc(N)ccc1COc1cccc(C(F)(F)F)c1. The van der Waals surface area contributed by atoms with Crippen molar-refractivity contribution >= 4 is 5.69 Å². The van der Waals surface area contributed by atoms with E-state index in [2.05, 4.69) is 0 Å². The Morgan fingerprint density at radius 1 is 1.10 bits per heavy atom. The highest BCUT2D eigenvalue weighted by molar-refractivity contribution is 5.44. The molecule has 2 aromatic carbocycles. The van der Waals surface area contributed by atoms with Crippen LogP contribution >= 0.6 is 0 Å². The van der Waals surface area contributed by atoms with Gasteiger partial charge in [-0.2, -0.15) is 13.2 Å². The van der Waals surface area contributed by atoms with E-state index >= 15 is 0 Å². The lowest BCUT2D eigenvalue weighted by Crippen LogP contribution is -2.05. The zero-order chi connectivity index (χ0) is 14.8. The number of nitrogen functional groups attached to an aromatic ring is 1. The van der Waals surface area contributed by atoms with Crippen LogP contribution in [0.1, 0.15) is 16.7 Å². The van der Waals surface area contributed by atoms with Crippen LogP contribution in [0.5, 0.6) is 5.75 Å². The molecule has 2 aromatic rings. The van der Waals surface area contributed by atoms with Crippen LogP contribution in [-0.4, -0.2) is 0 Å². The quantitative estimate of drug-likeness (QED) is 0.857. The molecule has 0 aromatic heterocycles. The Morgan fingerprint density at radius 2 is 1.85 bits per heavy atom. The summed E-state index contributed by atoms with van der Waals surface area (Å²) in [7, 11) is 0. The molecule has 20 heavy (non-hydrogen) atoms. The lowest BCUT2D eigenvalue weighted by atomic mass is 10.1. The van der Waals surface area contributed by atoms with Gasteiger partial charge in [-0.05, 0) is 48.4 Å². The zero-order valence-electron chi connectivity index (χ0n) is 10.9. The number of benzene rings is 2. The van der Waals surface area contributed by atoms with Gasteiger partial charge in [-0.25, -0.2) is 0 Å². The molecule has 5 heteroatoms. The fraction of sp³-hybridized carbons (Fsp3) is 0.200. The van der Waals surface area contributed by atoms with Gasteiger partial charge in [0.2, 0.25) is 0 Å². The summed E-state index contributed by atoms with van der Waals surface area (Å²) in [4.78, 5) is 0. The predicted octanol–water partition coefficient (Wildman–Crippen LogP) is 4.18. The molecule has 0 saturated carbocycles. The van der Waals surface area contributed by atoms with Crippen LogP contribution in [0.3, 0.4) is 0 Å². The summed E-state index contributed by atoms with van der Waals surface area (Å²) in [5.74, 6) is 0.191. The highest BCUT2D eigenvalue weighted by atomic mass is 19.4. The molecule has 106 valence electrons. The average Bonchev–Trinajstić information content (AvgIpc) is 2.37. The summed E-state index contributed by atoms with van der Waals surface area (Å²) in [6.45, 7) is 2.08. The molecule has 0 saturated heterocycles. The van der Waals surface area contributed by atoms with Gasteiger partial charge in [-0.1, -0.05) is 12.1 Å². The van der Waals surface area contributed by atoms with E-state index in [0.717, 1.165) is 23.3 Å². The number of alkyl halides is 3.